The molecule has 0 spiro atoms. The number of hydrazone groups is 1. The third-order valence-electron chi connectivity index (χ3n) is 4.94. The number of nitrogens with zero attached hydrogens (tertiary/aromatic N) is 2. The highest BCUT2D eigenvalue weighted by Gasteiger charge is 2.28. The van der Waals surface area contributed by atoms with Crippen molar-refractivity contribution in [2.24, 2.45) is 5.10 Å². The quantitative estimate of drug-likeness (QED) is 0.330. The first kappa shape index (κ1) is 26.0. The number of nitrogens with one attached hydrogen (secondary N) is 1. The fraction of sp³-hybridized carbons (Fsp3) is 0.125. The van der Waals surface area contributed by atoms with Crippen molar-refractivity contribution in [3.05, 3.63) is 99.8 Å². The number of benzene rings is 3. The summed E-state index contributed by atoms with van der Waals surface area (Å²) < 4.78 is 41.8. The molecule has 0 aromatic heterocycles. The Morgan fingerprint density at radius 1 is 1.09 bits per heavy atom. The van der Waals surface area contributed by atoms with E-state index >= 15 is 0 Å². The third kappa shape index (κ3) is 6.72. The molecule has 3 rings (SSSR count). The van der Waals surface area contributed by atoms with Crippen LogP contribution in [0.25, 0.3) is 0 Å². The molecule has 0 radical (unpaired) electrons. The highest BCUT2D eigenvalue weighted by Crippen LogP contribution is 2.24. The lowest BCUT2D eigenvalue weighted by Crippen LogP contribution is -2.39. The average Bonchev–Trinajstić information content (AvgIpc) is 2.81. The van der Waals surface area contributed by atoms with Crippen LogP contribution in [0.2, 0.25) is 5.02 Å². The maximum absolute atomic E-state index is 14.4. The first-order valence-electron chi connectivity index (χ1n) is 10.2. The molecule has 3 aromatic rings. The molecule has 0 saturated carbocycles. The Morgan fingerprint density at radius 2 is 1.74 bits per heavy atom. The fourth-order valence-electron chi connectivity index (χ4n) is 3.03. The Balaban J connectivity index is 1.81. The Labute approximate surface area is 206 Å². The van der Waals surface area contributed by atoms with E-state index in [9.17, 15) is 22.4 Å². The summed E-state index contributed by atoms with van der Waals surface area (Å²) in [6.07, 6.45) is 1.27. The van der Waals surface area contributed by atoms with E-state index in [1.165, 1.54) is 54.7 Å². The highest BCUT2D eigenvalue weighted by molar-refractivity contribution is 7.89. The molecule has 0 fully saturated rings. The summed E-state index contributed by atoms with van der Waals surface area (Å²) >= 11 is 6.09. The number of hydrogen-bond acceptors (Lipinski definition) is 5. The van der Waals surface area contributed by atoms with Crippen molar-refractivity contribution in [3.8, 4) is 0 Å². The zero-order valence-corrected chi connectivity index (χ0v) is 20.1. The highest BCUT2D eigenvalue weighted by atomic mass is 35.5. The maximum atomic E-state index is 14.4. The van der Waals surface area contributed by atoms with Crippen molar-refractivity contribution in [1.29, 1.82) is 0 Å². The van der Waals surface area contributed by atoms with E-state index in [1.807, 2.05) is 0 Å². The zero-order valence-electron chi connectivity index (χ0n) is 18.5. The number of aromatic carboxylic acids is 1. The van der Waals surface area contributed by atoms with Gasteiger partial charge in [0.05, 0.1) is 23.2 Å². The number of hydrogen-bond donors (Lipinski definition) is 2. The van der Waals surface area contributed by atoms with Crippen LogP contribution in [0.4, 0.5) is 4.39 Å². The molecule has 0 heterocycles. The van der Waals surface area contributed by atoms with E-state index in [2.05, 4.69) is 10.5 Å². The van der Waals surface area contributed by atoms with E-state index in [4.69, 9.17) is 16.7 Å². The first-order valence-corrected chi connectivity index (χ1v) is 12.0. The van der Waals surface area contributed by atoms with Crippen molar-refractivity contribution < 1.29 is 27.5 Å². The number of rotatable bonds is 9. The lowest BCUT2D eigenvalue weighted by atomic mass is 10.1. The van der Waals surface area contributed by atoms with E-state index in [0.29, 0.717) is 5.56 Å². The van der Waals surface area contributed by atoms with Gasteiger partial charge in [0.25, 0.3) is 5.91 Å². The lowest BCUT2D eigenvalue weighted by Gasteiger charge is -2.22. The number of carboxylic acids is 1. The smallest absolute Gasteiger partial charge is 0.335 e. The molecule has 0 bridgehead atoms. The number of sulfonamides is 1. The number of amides is 1. The monoisotopic (exact) mass is 517 g/mol. The molecule has 182 valence electrons. The normalized spacial score (nSPS) is 11.7. The van der Waals surface area contributed by atoms with Crippen LogP contribution in [-0.4, -0.2) is 42.5 Å². The molecule has 1 amide bonds. The van der Waals surface area contributed by atoms with Crippen LogP contribution >= 0.6 is 11.6 Å². The second kappa shape index (κ2) is 11.2. The minimum atomic E-state index is -4.20. The van der Waals surface area contributed by atoms with Crippen molar-refractivity contribution in [1.82, 2.24) is 9.73 Å². The first-order chi connectivity index (χ1) is 16.6. The Hall–Kier alpha value is -3.60. The van der Waals surface area contributed by atoms with Crippen LogP contribution in [0.5, 0.6) is 0 Å². The summed E-state index contributed by atoms with van der Waals surface area (Å²) in [5.74, 6) is -2.55. The van der Waals surface area contributed by atoms with Crippen LogP contribution in [0.1, 0.15) is 27.0 Å². The molecule has 0 aliphatic rings. The van der Waals surface area contributed by atoms with E-state index in [1.54, 1.807) is 19.1 Å². The molecule has 0 unspecified atom stereocenters. The van der Waals surface area contributed by atoms with Crippen LogP contribution in [-0.2, 0) is 21.4 Å². The van der Waals surface area contributed by atoms with Crippen molar-refractivity contribution in [2.45, 2.75) is 18.4 Å². The number of halogens is 2. The van der Waals surface area contributed by atoms with Gasteiger partial charge >= 0.3 is 5.97 Å². The van der Waals surface area contributed by atoms with Gasteiger partial charge in [0, 0.05) is 17.1 Å². The largest absolute Gasteiger partial charge is 0.478 e. The van der Waals surface area contributed by atoms with Crippen molar-refractivity contribution >= 4 is 39.7 Å². The summed E-state index contributed by atoms with van der Waals surface area (Å²) in [6, 6.07) is 15.7. The van der Waals surface area contributed by atoms with Crippen LogP contribution < -0.4 is 5.43 Å². The molecule has 0 saturated heterocycles. The second-order valence-electron chi connectivity index (χ2n) is 7.51. The number of carbonyl (C=O) groups is 2. The number of aryl methyl sites for hydroxylation is 1. The van der Waals surface area contributed by atoms with Crippen molar-refractivity contribution in [3.63, 3.8) is 0 Å². The average molecular weight is 518 g/mol. The number of carboxylic acid groups (broad SMARTS) is 1. The molecule has 8 nitrogen and oxygen atoms in total. The topological polar surface area (TPSA) is 116 Å². The SMILES string of the molecule is Cc1ccc(S(=O)(=O)N(CC(=O)N/N=C\c2ccc(C(=O)O)cc2)Cc2c(F)cccc2Cl)cc1. The predicted molar refractivity (Wildman–Crippen MR) is 129 cm³/mol. The van der Waals surface area contributed by atoms with Gasteiger partial charge in [0.2, 0.25) is 10.0 Å². The van der Waals surface area contributed by atoms with Gasteiger partial charge in [-0.25, -0.2) is 23.0 Å². The third-order valence-corrected chi connectivity index (χ3v) is 7.10. The molecule has 0 aliphatic heterocycles. The molecule has 2 N–H and O–H groups in total. The Morgan fingerprint density at radius 3 is 2.34 bits per heavy atom. The summed E-state index contributed by atoms with van der Waals surface area (Å²) in [6.45, 7) is 0.666. The van der Waals surface area contributed by atoms with Gasteiger partial charge in [-0.05, 0) is 48.9 Å². The molecular weight excluding hydrogens is 497 g/mol. The number of carbonyl (C=O) groups excluding carboxylic acids is 1. The van der Waals surface area contributed by atoms with Gasteiger partial charge in [-0.1, -0.05) is 47.5 Å². The molecule has 0 aliphatic carbocycles. The minimum Gasteiger partial charge on any atom is -0.478 e. The van der Waals surface area contributed by atoms with Gasteiger partial charge in [-0.3, -0.25) is 4.79 Å². The lowest BCUT2D eigenvalue weighted by molar-refractivity contribution is -0.121. The summed E-state index contributed by atoms with van der Waals surface area (Å²) in [4.78, 5) is 23.4. The summed E-state index contributed by atoms with van der Waals surface area (Å²) in [7, 11) is -4.20. The Kier molecular flexibility index (Phi) is 8.34. The van der Waals surface area contributed by atoms with Crippen LogP contribution in [0.15, 0.2) is 76.7 Å². The maximum Gasteiger partial charge on any atom is 0.335 e. The summed E-state index contributed by atoms with van der Waals surface area (Å²) in [5.41, 5.74) is 3.61. The predicted octanol–water partition coefficient (Wildman–Crippen LogP) is 3.83. The second-order valence-corrected chi connectivity index (χ2v) is 9.85. The van der Waals surface area contributed by atoms with Crippen molar-refractivity contribution in [2.75, 3.05) is 6.54 Å². The molecule has 0 atom stereocenters. The van der Waals surface area contributed by atoms with E-state index in [-0.39, 0.29) is 21.0 Å². The van der Waals surface area contributed by atoms with Crippen LogP contribution in [0.3, 0.4) is 0 Å². The standard InChI is InChI=1S/C24H21ClFN3O5S/c1-16-5-11-19(12-6-16)35(33,34)29(14-20-21(25)3-2-4-22(20)26)15-23(30)28-27-13-17-7-9-18(10-8-17)24(31)32/h2-13H,14-15H2,1H3,(H,28,30)(H,31,32)/b27-13-. The van der Waals surface area contributed by atoms with E-state index < -0.39 is 40.8 Å². The Bertz CT molecular complexity index is 1340. The fourth-order valence-corrected chi connectivity index (χ4v) is 4.62. The van der Waals surface area contributed by atoms with Gasteiger partial charge in [-0.15, -0.1) is 0 Å². The molecule has 3 aromatic carbocycles. The van der Waals surface area contributed by atoms with Gasteiger partial charge in [0.1, 0.15) is 5.82 Å². The van der Waals surface area contributed by atoms with Gasteiger partial charge in [-0.2, -0.15) is 9.41 Å². The summed E-state index contributed by atoms with van der Waals surface area (Å²) in [5, 5.41) is 12.7. The van der Waals surface area contributed by atoms with Crippen LogP contribution in [0, 0.1) is 12.7 Å². The van der Waals surface area contributed by atoms with Gasteiger partial charge in [0.15, 0.2) is 0 Å². The van der Waals surface area contributed by atoms with E-state index in [0.717, 1.165) is 15.9 Å². The molecule has 35 heavy (non-hydrogen) atoms. The van der Waals surface area contributed by atoms with Gasteiger partial charge < -0.3 is 5.11 Å². The zero-order chi connectivity index (χ0) is 25.6. The molecular formula is C24H21ClFN3O5S. The minimum absolute atomic E-state index is 0.0253. The molecule has 11 heteroatoms.